The van der Waals surface area contributed by atoms with Crippen LogP contribution >= 0.6 is 0 Å². The molecule has 22 heavy (non-hydrogen) atoms. The Bertz CT molecular complexity index is 511. The first-order valence-electron chi connectivity index (χ1n) is 7.85. The highest BCUT2D eigenvalue weighted by Crippen LogP contribution is 2.35. The van der Waals surface area contributed by atoms with Crippen molar-refractivity contribution in [3.05, 3.63) is 11.6 Å². The first-order chi connectivity index (χ1) is 9.86. The van der Waals surface area contributed by atoms with E-state index in [1.807, 2.05) is 34.6 Å². The van der Waals surface area contributed by atoms with Crippen molar-refractivity contribution in [1.82, 2.24) is 0 Å². The second-order valence-corrected chi connectivity index (χ2v) is 7.93. The smallest absolute Gasteiger partial charge is 0.164 e. The highest BCUT2D eigenvalue weighted by Gasteiger charge is 2.38. The van der Waals surface area contributed by atoms with E-state index in [0.717, 1.165) is 0 Å². The summed E-state index contributed by atoms with van der Waals surface area (Å²) in [5, 5.41) is 9.38. The molecule has 4 nitrogen and oxygen atoms in total. The number of hydrogen-bond donors (Lipinski definition) is 1. The van der Waals surface area contributed by atoms with E-state index in [-0.39, 0.29) is 29.0 Å². The van der Waals surface area contributed by atoms with Gasteiger partial charge in [0.15, 0.2) is 11.6 Å². The zero-order valence-electron chi connectivity index (χ0n) is 14.5. The number of Topliss-reactive ketones (excluding diaryl/α,β-unsaturated/α-hetero) is 2. The molecule has 124 valence electrons. The van der Waals surface area contributed by atoms with Crippen molar-refractivity contribution in [2.45, 2.75) is 66.9 Å². The van der Waals surface area contributed by atoms with Gasteiger partial charge in [-0.05, 0) is 31.4 Å². The maximum Gasteiger partial charge on any atom is 0.164 e. The van der Waals surface area contributed by atoms with Gasteiger partial charge < -0.3 is 5.11 Å². The summed E-state index contributed by atoms with van der Waals surface area (Å²) in [6.07, 6.45) is 2.77. The van der Waals surface area contributed by atoms with Crippen molar-refractivity contribution >= 4 is 17.3 Å². The fourth-order valence-corrected chi connectivity index (χ4v) is 3.36. The van der Waals surface area contributed by atoms with Gasteiger partial charge in [0.05, 0.1) is 6.10 Å². The summed E-state index contributed by atoms with van der Waals surface area (Å²) in [7, 11) is 0. The Morgan fingerprint density at radius 2 is 1.64 bits per heavy atom. The van der Waals surface area contributed by atoms with Gasteiger partial charge in [-0.3, -0.25) is 14.4 Å². The van der Waals surface area contributed by atoms with Gasteiger partial charge in [-0.15, -0.1) is 0 Å². The van der Waals surface area contributed by atoms with Crippen LogP contribution in [0.15, 0.2) is 11.6 Å². The second kappa shape index (κ2) is 6.45. The van der Waals surface area contributed by atoms with Crippen LogP contribution in [0.2, 0.25) is 0 Å². The molecular weight excluding hydrogens is 280 g/mol. The van der Waals surface area contributed by atoms with E-state index >= 15 is 0 Å². The maximum atomic E-state index is 11.5. The first-order valence-corrected chi connectivity index (χ1v) is 7.85. The number of hydrogen-bond acceptors (Lipinski definition) is 4. The van der Waals surface area contributed by atoms with Crippen molar-refractivity contribution < 1.29 is 19.5 Å². The van der Waals surface area contributed by atoms with E-state index in [2.05, 4.69) is 0 Å². The molecule has 0 radical (unpaired) electrons. The Morgan fingerprint density at radius 3 is 2.09 bits per heavy atom. The molecule has 0 aromatic rings. The summed E-state index contributed by atoms with van der Waals surface area (Å²) in [6, 6.07) is 0. The minimum atomic E-state index is -0.476. The van der Waals surface area contributed by atoms with Gasteiger partial charge in [0.2, 0.25) is 0 Å². The van der Waals surface area contributed by atoms with E-state index in [4.69, 9.17) is 0 Å². The van der Waals surface area contributed by atoms with Crippen molar-refractivity contribution in [2.75, 3.05) is 0 Å². The van der Waals surface area contributed by atoms with Crippen LogP contribution in [0.1, 0.15) is 60.8 Å². The Morgan fingerprint density at radius 1 is 1.09 bits per heavy atom. The Kier molecular flexibility index (Phi) is 5.50. The molecule has 1 fully saturated rings. The molecule has 0 saturated heterocycles. The molecule has 1 saturated carbocycles. The van der Waals surface area contributed by atoms with Gasteiger partial charge >= 0.3 is 0 Å². The van der Waals surface area contributed by atoms with E-state index in [9.17, 15) is 19.5 Å². The lowest BCUT2D eigenvalue weighted by Crippen LogP contribution is -2.40. The lowest BCUT2D eigenvalue weighted by molar-refractivity contribution is -0.137. The van der Waals surface area contributed by atoms with Gasteiger partial charge in [0, 0.05) is 23.2 Å². The molecule has 2 aliphatic rings. The molecule has 1 N–H and O–H groups in total. The summed E-state index contributed by atoms with van der Waals surface area (Å²) in [5.74, 6) is 0.487. The lowest BCUT2D eigenvalue weighted by atomic mass is 9.70. The average molecular weight is 308 g/mol. The number of aliphatic hydroxyl groups excluding tert-OH is 1. The number of allylic oxidation sites excluding steroid dienone is 2. The van der Waals surface area contributed by atoms with Crippen molar-refractivity contribution in [1.29, 1.82) is 0 Å². The topological polar surface area (TPSA) is 71.4 Å². The molecule has 4 heteroatoms. The Balaban J connectivity index is 0.000000220. The molecule has 0 aromatic heterocycles. The monoisotopic (exact) mass is 308 g/mol. The summed E-state index contributed by atoms with van der Waals surface area (Å²) < 4.78 is 0. The molecule has 2 rings (SSSR count). The van der Waals surface area contributed by atoms with E-state index in [1.54, 1.807) is 6.92 Å². The summed E-state index contributed by atoms with van der Waals surface area (Å²) in [5.41, 5.74) is -0.196. The van der Waals surface area contributed by atoms with Crippen molar-refractivity contribution in [3.8, 4) is 0 Å². The first kappa shape index (κ1) is 18.8. The maximum absolute atomic E-state index is 11.5. The molecular formula is C18H28O4. The molecule has 0 bridgehead atoms. The van der Waals surface area contributed by atoms with Crippen LogP contribution in [0.4, 0.5) is 0 Å². The zero-order chi connectivity index (χ0) is 17.3. The third-order valence-corrected chi connectivity index (χ3v) is 4.45. The molecule has 0 amide bonds. The molecule has 2 atom stereocenters. The molecule has 2 unspecified atom stereocenters. The van der Waals surface area contributed by atoms with Crippen LogP contribution < -0.4 is 0 Å². The number of aliphatic hydroxyl groups is 1. The fourth-order valence-electron chi connectivity index (χ4n) is 3.36. The van der Waals surface area contributed by atoms with Gasteiger partial charge in [0.25, 0.3) is 0 Å². The fraction of sp³-hybridized carbons (Fsp3) is 0.722. The summed E-state index contributed by atoms with van der Waals surface area (Å²) in [6.45, 7) is 11.0. The predicted octanol–water partition coefficient (Wildman–Crippen LogP) is 2.87. The van der Waals surface area contributed by atoms with Gasteiger partial charge in [-0.25, -0.2) is 0 Å². The Hall–Kier alpha value is -1.29. The van der Waals surface area contributed by atoms with Crippen LogP contribution in [-0.4, -0.2) is 28.6 Å². The molecule has 2 aliphatic carbocycles. The van der Waals surface area contributed by atoms with Crippen LogP contribution in [0.5, 0.6) is 0 Å². The minimum absolute atomic E-state index is 0.0359. The highest BCUT2D eigenvalue weighted by molar-refractivity contribution is 6.10. The predicted molar refractivity (Wildman–Crippen MR) is 85.4 cm³/mol. The minimum Gasteiger partial charge on any atom is -0.393 e. The zero-order valence-corrected chi connectivity index (χ0v) is 14.5. The number of carbonyl (C=O) groups is 3. The third kappa shape index (κ3) is 4.35. The molecule has 0 aromatic carbocycles. The largest absolute Gasteiger partial charge is 0.393 e. The van der Waals surface area contributed by atoms with Gasteiger partial charge in [0.1, 0.15) is 5.78 Å². The number of carbonyl (C=O) groups excluding carboxylic acids is 3. The molecule has 0 spiro atoms. The average Bonchev–Trinajstić information content (AvgIpc) is 2.32. The van der Waals surface area contributed by atoms with Crippen LogP contribution in [0.3, 0.4) is 0 Å². The summed E-state index contributed by atoms with van der Waals surface area (Å²) in [4.78, 5) is 33.9. The van der Waals surface area contributed by atoms with Gasteiger partial charge in [-0.2, -0.15) is 0 Å². The quantitative estimate of drug-likeness (QED) is 0.747. The third-order valence-electron chi connectivity index (χ3n) is 4.45. The Labute approximate surface area is 133 Å². The normalized spacial score (nSPS) is 30.3. The van der Waals surface area contributed by atoms with Crippen molar-refractivity contribution in [3.63, 3.8) is 0 Å². The summed E-state index contributed by atoms with van der Waals surface area (Å²) >= 11 is 0. The number of rotatable bonds is 0. The van der Waals surface area contributed by atoms with Crippen LogP contribution in [0.25, 0.3) is 0 Å². The van der Waals surface area contributed by atoms with Crippen molar-refractivity contribution in [2.24, 2.45) is 16.7 Å². The van der Waals surface area contributed by atoms with Crippen LogP contribution in [-0.2, 0) is 14.4 Å². The number of ketones is 3. The highest BCUT2D eigenvalue weighted by atomic mass is 16.3. The SMILES string of the molecule is CC1=CC(=O)CC(C)(C)C1=O.CC1CC(O)CC(C)(C)C1=O. The molecule has 0 aliphatic heterocycles. The van der Waals surface area contributed by atoms with E-state index < -0.39 is 5.41 Å². The van der Waals surface area contributed by atoms with Gasteiger partial charge in [-0.1, -0.05) is 34.6 Å². The van der Waals surface area contributed by atoms with E-state index in [0.29, 0.717) is 30.6 Å². The van der Waals surface area contributed by atoms with E-state index in [1.165, 1.54) is 6.08 Å². The molecule has 0 heterocycles. The van der Waals surface area contributed by atoms with Crippen LogP contribution in [0, 0.1) is 16.7 Å². The second-order valence-electron chi connectivity index (χ2n) is 7.93. The standard InChI is InChI=1S/C9H16O2.C9H12O2/c2*1-6-4-7(10)5-9(2,3)8(6)11/h6-7,10H,4-5H2,1-3H3;4H,5H2,1-3H3. The lowest BCUT2D eigenvalue weighted by Gasteiger charge is -2.34.